The van der Waals surface area contributed by atoms with Crippen molar-refractivity contribution in [3.8, 4) is 0 Å². The monoisotopic (exact) mass is 375 g/mol. The van der Waals surface area contributed by atoms with E-state index >= 15 is 0 Å². The molecule has 1 saturated carbocycles. The smallest absolute Gasteiger partial charge is 0.223 e. The quantitative estimate of drug-likeness (QED) is 0.887. The third-order valence-electron chi connectivity index (χ3n) is 4.29. The van der Waals surface area contributed by atoms with E-state index in [1.54, 1.807) is 16.2 Å². The molecular weight excluding hydrogens is 353 g/mol. The van der Waals surface area contributed by atoms with Gasteiger partial charge in [-0.1, -0.05) is 18.6 Å². The Morgan fingerprint density at radius 1 is 1.35 bits per heavy atom. The molecule has 1 heterocycles. The molecule has 0 aliphatic heterocycles. The first-order valence-electron chi connectivity index (χ1n) is 7.47. The molecule has 3 rings (SSSR count). The van der Waals surface area contributed by atoms with Crippen molar-refractivity contribution in [2.24, 2.45) is 11.7 Å². The van der Waals surface area contributed by atoms with E-state index in [4.69, 9.17) is 5.73 Å². The molecule has 7 heteroatoms. The number of carbonyl (C=O) groups is 1. The van der Waals surface area contributed by atoms with Crippen LogP contribution in [0.1, 0.15) is 30.7 Å². The normalized spacial score (nSPS) is 19.9. The highest BCUT2D eigenvalue weighted by atomic mass is 35.5. The van der Waals surface area contributed by atoms with Crippen molar-refractivity contribution in [3.63, 3.8) is 0 Å². The molecule has 0 saturated heterocycles. The number of nitrogens with two attached hydrogens (primary N) is 1. The summed E-state index contributed by atoms with van der Waals surface area (Å²) in [5.41, 5.74) is 7.06. The third-order valence-corrected chi connectivity index (χ3v) is 5.31. The molecular formula is C16H23Cl2N3OS. The lowest BCUT2D eigenvalue weighted by Gasteiger charge is -2.20. The van der Waals surface area contributed by atoms with Gasteiger partial charge in [-0.25, -0.2) is 4.98 Å². The number of para-hydroxylation sites is 1. The molecule has 0 bridgehead atoms. The van der Waals surface area contributed by atoms with Gasteiger partial charge in [0.2, 0.25) is 5.91 Å². The number of nitrogens with zero attached hydrogens (tertiary/aromatic N) is 2. The van der Waals surface area contributed by atoms with Gasteiger partial charge in [-0.3, -0.25) is 4.79 Å². The zero-order chi connectivity index (χ0) is 14.8. The molecule has 1 amide bonds. The van der Waals surface area contributed by atoms with Crippen molar-refractivity contribution in [3.05, 3.63) is 29.3 Å². The molecule has 4 nitrogen and oxygen atoms in total. The highest BCUT2D eigenvalue weighted by Crippen LogP contribution is 2.28. The topological polar surface area (TPSA) is 59.2 Å². The van der Waals surface area contributed by atoms with E-state index in [2.05, 4.69) is 11.1 Å². The molecule has 1 aliphatic carbocycles. The number of benzene rings is 1. The second-order valence-electron chi connectivity index (χ2n) is 5.88. The number of hydrogen-bond donors (Lipinski definition) is 1. The Labute approximate surface area is 153 Å². The van der Waals surface area contributed by atoms with E-state index in [9.17, 15) is 4.79 Å². The van der Waals surface area contributed by atoms with Gasteiger partial charge < -0.3 is 10.6 Å². The molecule has 0 unspecified atom stereocenters. The predicted octanol–water partition coefficient (Wildman–Crippen LogP) is 3.62. The lowest BCUT2D eigenvalue weighted by molar-refractivity contribution is -0.131. The van der Waals surface area contributed by atoms with Crippen LogP contribution in [0.15, 0.2) is 24.3 Å². The van der Waals surface area contributed by atoms with Crippen LogP contribution in [-0.4, -0.2) is 28.9 Å². The SMILES string of the molecule is CN(Cc1nc2ccccc2s1)C(=O)C[C@@H]1CCC[C@H]1N.Cl.Cl. The Hall–Kier alpha value is -0.880. The van der Waals surface area contributed by atoms with E-state index in [0.717, 1.165) is 29.8 Å². The lowest BCUT2D eigenvalue weighted by Crippen LogP contribution is -2.32. The van der Waals surface area contributed by atoms with Crippen LogP contribution in [0.25, 0.3) is 10.2 Å². The standard InChI is InChI=1S/C16H21N3OS.2ClH/c1-19(16(20)9-11-5-4-6-12(11)17)10-15-18-13-7-2-3-8-14(13)21-15;;/h2-3,7-8,11-12H,4-6,9-10,17H2,1H3;2*1H/t11-,12+;;/m0../s1. The molecule has 0 spiro atoms. The summed E-state index contributed by atoms with van der Waals surface area (Å²) in [4.78, 5) is 18.7. The number of fused-ring (bicyclic) bond motifs is 1. The van der Waals surface area contributed by atoms with Crippen LogP contribution in [0.2, 0.25) is 0 Å². The van der Waals surface area contributed by atoms with Gasteiger partial charge in [0.15, 0.2) is 0 Å². The van der Waals surface area contributed by atoms with Crippen LogP contribution in [0, 0.1) is 5.92 Å². The first-order chi connectivity index (χ1) is 10.1. The zero-order valence-electron chi connectivity index (χ0n) is 13.1. The zero-order valence-corrected chi connectivity index (χ0v) is 15.6. The second-order valence-corrected chi connectivity index (χ2v) is 7.00. The first kappa shape index (κ1) is 20.2. The Balaban J connectivity index is 0.00000132. The predicted molar refractivity (Wildman–Crippen MR) is 101 cm³/mol. The number of rotatable bonds is 4. The fourth-order valence-corrected chi connectivity index (χ4v) is 4.00. The van der Waals surface area contributed by atoms with Crippen LogP contribution < -0.4 is 5.73 Å². The van der Waals surface area contributed by atoms with E-state index < -0.39 is 0 Å². The van der Waals surface area contributed by atoms with Crippen LogP contribution in [0.4, 0.5) is 0 Å². The Morgan fingerprint density at radius 2 is 2.09 bits per heavy atom. The molecule has 1 aliphatic rings. The maximum absolute atomic E-state index is 12.3. The summed E-state index contributed by atoms with van der Waals surface area (Å²) in [7, 11) is 1.86. The molecule has 1 aromatic heterocycles. The van der Waals surface area contributed by atoms with Gasteiger partial charge in [0.25, 0.3) is 0 Å². The summed E-state index contributed by atoms with van der Waals surface area (Å²) >= 11 is 1.66. The highest BCUT2D eigenvalue weighted by Gasteiger charge is 2.27. The summed E-state index contributed by atoms with van der Waals surface area (Å²) in [6.07, 6.45) is 3.87. The van der Waals surface area contributed by atoms with E-state index in [1.165, 1.54) is 4.70 Å². The van der Waals surface area contributed by atoms with Gasteiger partial charge in [0, 0.05) is 19.5 Å². The minimum Gasteiger partial charge on any atom is -0.339 e. The van der Waals surface area contributed by atoms with Gasteiger partial charge >= 0.3 is 0 Å². The van der Waals surface area contributed by atoms with Crippen molar-refractivity contribution in [2.75, 3.05) is 7.05 Å². The van der Waals surface area contributed by atoms with Crippen LogP contribution in [-0.2, 0) is 11.3 Å². The molecule has 1 aromatic carbocycles. The Morgan fingerprint density at radius 3 is 2.74 bits per heavy atom. The summed E-state index contributed by atoms with van der Waals surface area (Å²) in [5.74, 6) is 0.534. The average Bonchev–Trinajstić information content (AvgIpc) is 3.04. The van der Waals surface area contributed by atoms with E-state index in [0.29, 0.717) is 18.9 Å². The maximum atomic E-state index is 12.3. The van der Waals surface area contributed by atoms with Crippen LogP contribution >= 0.6 is 36.2 Å². The number of amides is 1. The third kappa shape index (κ3) is 4.80. The number of carbonyl (C=O) groups excluding carboxylic acids is 1. The molecule has 0 radical (unpaired) electrons. The first-order valence-corrected chi connectivity index (χ1v) is 8.29. The van der Waals surface area contributed by atoms with E-state index in [1.807, 2.05) is 25.2 Å². The molecule has 2 N–H and O–H groups in total. The van der Waals surface area contributed by atoms with Crippen LogP contribution in [0.5, 0.6) is 0 Å². The van der Waals surface area contributed by atoms with Gasteiger partial charge in [0.05, 0.1) is 16.8 Å². The van der Waals surface area contributed by atoms with Crippen molar-refractivity contribution in [1.29, 1.82) is 0 Å². The van der Waals surface area contributed by atoms with Crippen molar-refractivity contribution in [1.82, 2.24) is 9.88 Å². The van der Waals surface area contributed by atoms with Crippen LogP contribution in [0.3, 0.4) is 0 Å². The molecule has 2 atom stereocenters. The number of halogens is 2. The molecule has 2 aromatic rings. The van der Waals surface area contributed by atoms with Crippen molar-refractivity contribution >= 4 is 52.3 Å². The second kappa shape index (κ2) is 8.83. The Kier molecular flexibility index (Phi) is 7.74. The molecule has 23 heavy (non-hydrogen) atoms. The van der Waals surface area contributed by atoms with Gasteiger partial charge in [0.1, 0.15) is 5.01 Å². The number of hydrogen-bond acceptors (Lipinski definition) is 4. The Bertz CT molecular complexity index is 616. The molecule has 128 valence electrons. The average molecular weight is 376 g/mol. The lowest BCUT2D eigenvalue weighted by atomic mass is 9.99. The largest absolute Gasteiger partial charge is 0.339 e. The minimum absolute atomic E-state index is 0. The van der Waals surface area contributed by atoms with Gasteiger partial charge in [-0.15, -0.1) is 36.2 Å². The maximum Gasteiger partial charge on any atom is 0.223 e. The van der Waals surface area contributed by atoms with E-state index in [-0.39, 0.29) is 36.8 Å². The number of thiazole rings is 1. The summed E-state index contributed by atoms with van der Waals surface area (Å²) in [5, 5.41) is 0.989. The van der Waals surface area contributed by atoms with Gasteiger partial charge in [-0.2, -0.15) is 0 Å². The summed E-state index contributed by atoms with van der Waals surface area (Å²) < 4.78 is 1.17. The fourth-order valence-electron chi connectivity index (χ4n) is 2.98. The van der Waals surface area contributed by atoms with Crippen molar-refractivity contribution < 1.29 is 4.79 Å². The summed E-state index contributed by atoms with van der Waals surface area (Å²) in [6.45, 7) is 0.583. The number of aromatic nitrogens is 1. The minimum atomic E-state index is 0. The van der Waals surface area contributed by atoms with Gasteiger partial charge in [-0.05, 0) is 30.9 Å². The summed E-state index contributed by atoms with van der Waals surface area (Å²) in [6, 6.07) is 8.28. The highest BCUT2D eigenvalue weighted by molar-refractivity contribution is 7.18. The van der Waals surface area contributed by atoms with Crippen molar-refractivity contribution in [2.45, 2.75) is 38.3 Å². The molecule has 1 fully saturated rings. The fraction of sp³-hybridized carbons (Fsp3) is 0.500.